The van der Waals surface area contributed by atoms with Crippen molar-refractivity contribution in [2.45, 2.75) is 110 Å². The van der Waals surface area contributed by atoms with Gasteiger partial charge in [-0.3, -0.25) is 4.79 Å². The molecule has 0 aliphatic rings. The highest BCUT2D eigenvalue weighted by Crippen LogP contribution is 2.30. The average molecular weight is 590 g/mol. The molecule has 0 saturated carbocycles. The SMILES string of the molecule is CCCCCCCCCCCCCCCCCC(=O)c1c(C(=O)O)ccc(C(=O)O)c1I(=O)=O. The topological polar surface area (TPSA) is 126 Å². The Bertz CT molecular complexity index is 866. The summed E-state index contributed by atoms with van der Waals surface area (Å²) in [6.45, 7) is 2.23. The Labute approximate surface area is 209 Å². The van der Waals surface area contributed by atoms with Crippen molar-refractivity contribution in [1.82, 2.24) is 0 Å². The van der Waals surface area contributed by atoms with E-state index >= 15 is 0 Å². The van der Waals surface area contributed by atoms with Gasteiger partial charge in [-0.05, 0) is 18.6 Å². The first-order valence-corrected chi connectivity index (χ1v) is 15.4. The molecule has 0 bridgehead atoms. The molecular weight excluding hydrogens is 551 g/mol. The summed E-state index contributed by atoms with van der Waals surface area (Å²) in [6.07, 6.45) is 17.6. The Morgan fingerprint density at radius 3 is 1.41 bits per heavy atom. The van der Waals surface area contributed by atoms with E-state index < -0.39 is 57.8 Å². The van der Waals surface area contributed by atoms with Crippen LogP contribution in [0.2, 0.25) is 0 Å². The second-order valence-electron chi connectivity index (χ2n) is 8.80. The van der Waals surface area contributed by atoms with Crippen molar-refractivity contribution in [1.29, 1.82) is 0 Å². The van der Waals surface area contributed by atoms with Crippen LogP contribution in [0.1, 0.15) is 141 Å². The number of rotatable bonds is 20. The number of halogens is 1. The number of unbranched alkanes of at least 4 members (excludes halogenated alkanes) is 14. The first-order chi connectivity index (χ1) is 16.3. The second kappa shape index (κ2) is 17.6. The fourth-order valence-corrected chi connectivity index (χ4v) is 6.05. The van der Waals surface area contributed by atoms with Crippen LogP contribution in [-0.4, -0.2) is 27.9 Å². The van der Waals surface area contributed by atoms with E-state index in [4.69, 9.17) is 0 Å². The number of carboxylic acid groups (broad SMARTS) is 2. The van der Waals surface area contributed by atoms with Crippen molar-refractivity contribution in [3.8, 4) is 0 Å². The third kappa shape index (κ3) is 11.1. The number of benzene rings is 1. The van der Waals surface area contributed by atoms with Crippen molar-refractivity contribution in [3.05, 3.63) is 32.4 Å². The zero-order chi connectivity index (χ0) is 25.3. The van der Waals surface area contributed by atoms with Crippen LogP contribution in [-0.2, 0) is 6.14 Å². The third-order valence-electron chi connectivity index (χ3n) is 6.04. The van der Waals surface area contributed by atoms with Gasteiger partial charge >= 0.3 is 31.7 Å². The van der Waals surface area contributed by atoms with E-state index in [1.165, 1.54) is 64.2 Å². The lowest BCUT2D eigenvalue weighted by atomic mass is 9.96. The molecule has 0 radical (unpaired) electrons. The summed E-state index contributed by atoms with van der Waals surface area (Å²) in [4.78, 5) is 35.6. The first-order valence-electron chi connectivity index (χ1n) is 12.5. The van der Waals surface area contributed by atoms with E-state index in [1.54, 1.807) is 0 Å². The van der Waals surface area contributed by atoms with E-state index in [2.05, 4.69) is 6.92 Å². The van der Waals surface area contributed by atoms with E-state index in [-0.39, 0.29) is 6.42 Å². The molecule has 0 fully saturated rings. The van der Waals surface area contributed by atoms with Crippen LogP contribution in [0.4, 0.5) is 0 Å². The monoisotopic (exact) mass is 590 g/mol. The molecule has 1 rings (SSSR count). The smallest absolute Gasteiger partial charge is 0.342 e. The summed E-state index contributed by atoms with van der Waals surface area (Å²) >= 11 is -4.42. The van der Waals surface area contributed by atoms with Gasteiger partial charge in [0.2, 0.25) is 0 Å². The maximum absolute atomic E-state index is 12.7. The van der Waals surface area contributed by atoms with Gasteiger partial charge in [0.05, 0.1) is 16.7 Å². The summed E-state index contributed by atoms with van der Waals surface area (Å²) < 4.78 is 22.9. The van der Waals surface area contributed by atoms with E-state index in [9.17, 15) is 30.7 Å². The molecular formula is C26H39IO7. The predicted octanol–water partition coefficient (Wildman–Crippen LogP) is 7.89. The summed E-state index contributed by atoms with van der Waals surface area (Å²) in [7, 11) is 0. The Morgan fingerprint density at radius 1 is 0.647 bits per heavy atom. The number of Topliss-reactive ketones (excluding diaryl/α,β-unsaturated/α-hetero) is 1. The van der Waals surface area contributed by atoms with Gasteiger partial charge in [-0.1, -0.05) is 96.8 Å². The molecule has 8 heteroatoms. The van der Waals surface area contributed by atoms with Crippen LogP contribution >= 0.6 is 19.8 Å². The van der Waals surface area contributed by atoms with Gasteiger partial charge in [0.1, 0.15) is 3.57 Å². The van der Waals surface area contributed by atoms with Crippen molar-refractivity contribution in [3.63, 3.8) is 0 Å². The molecule has 7 nitrogen and oxygen atoms in total. The van der Waals surface area contributed by atoms with Gasteiger partial charge in [0.25, 0.3) is 0 Å². The molecule has 192 valence electrons. The lowest BCUT2D eigenvalue weighted by Gasteiger charge is -2.10. The van der Waals surface area contributed by atoms with Crippen LogP contribution < -0.4 is 0 Å². The van der Waals surface area contributed by atoms with Gasteiger partial charge in [0.15, 0.2) is 5.78 Å². The lowest BCUT2D eigenvalue weighted by molar-refractivity contribution is 0.0677. The molecule has 0 unspecified atom stereocenters. The van der Waals surface area contributed by atoms with E-state index in [1.807, 2.05) is 0 Å². The van der Waals surface area contributed by atoms with Gasteiger partial charge in [-0.25, -0.2) is 15.7 Å². The van der Waals surface area contributed by atoms with Gasteiger partial charge in [-0.2, -0.15) is 0 Å². The molecule has 0 amide bonds. The molecule has 0 atom stereocenters. The van der Waals surface area contributed by atoms with Crippen molar-refractivity contribution in [2.24, 2.45) is 0 Å². The molecule has 0 aliphatic carbocycles. The van der Waals surface area contributed by atoms with Gasteiger partial charge < -0.3 is 10.2 Å². The molecule has 1 aromatic carbocycles. The van der Waals surface area contributed by atoms with E-state index in [0.29, 0.717) is 6.42 Å². The zero-order valence-corrected chi connectivity index (χ0v) is 22.4. The molecule has 0 spiro atoms. The highest BCUT2D eigenvalue weighted by molar-refractivity contribution is 14.2. The lowest BCUT2D eigenvalue weighted by Crippen LogP contribution is -2.15. The van der Waals surface area contributed by atoms with Crippen LogP contribution in [0.25, 0.3) is 0 Å². The quantitative estimate of drug-likeness (QED) is 0.0898. The molecule has 0 aliphatic heterocycles. The largest absolute Gasteiger partial charge is 0.478 e. The Kier molecular flexibility index (Phi) is 15.6. The van der Waals surface area contributed by atoms with Gasteiger partial charge in [-0.15, -0.1) is 0 Å². The highest BCUT2D eigenvalue weighted by Gasteiger charge is 2.28. The number of hydrogen-bond donors (Lipinski definition) is 2. The molecule has 34 heavy (non-hydrogen) atoms. The Morgan fingerprint density at radius 2 is 1.03 bits per heavy atom. The third-order valence-corrected chi connectivity index (χ3v) is 8.04. The van der Waals surface area contributed by atoms with Crippen molar-refractivity contribution >= 4 is 37.5 Å². The van der Waals surface area contributed by atoms with Crippen LogP contribution in [0.5, 0.6) is 0 Å². The molecule has 0 aromatic heterocycles. The maximum atomic E-state index is 12.7. The Hall–Kier alpha value is -1.84. The zero-order valence-electron chi connectivity index (χ0n) is 20.3. The fraction of sp³-hybridized carbons (Fsp3) is 0.654. The van der Waals surface area contributed by atoms with Crippen molar-refractivity contribution in [2.75, 3.05) is 0 Å². The van der Waals surface area contributed by atoms with Crippen molar-refractivity contribution < 1.29 is 30.7 Å². The summed E-state index contributed by atoms with van der Waals surface area (Å²) in [5, 5.41) is 18.6. The number of carbonyl (C=O) groups excluding carboxylic acids is 1. The second-order valence-corrected chi connectivity index (χ2v) is 11.1. The minimum Gasteiger partial charge on any atom is -0.478 e. The van der Waals surface area contributed by atoms with Crippen LogP contribution in [0.15, 0.2) is 12.1 Å². The Balaban J connectivity index is 2.36. The number of hydrogen-bond acceptors (Lipinski definition) is 5. The molecule has 1 aromatic rings. The number of ketones is 1. The maximum Gasteiger partial charge on any atom is 0.342 e. The normalized spacial score (nSPS) is 11.1. The number of carboxylic acids is 2. The molecule has 0 saturated heterocycles. The van der Waals surface area contributed by atoms with Gasteiger partial charge in [0, 0.05) is 6.42 Å². The van der Waals surface area contributed by atoms with E-state index in [0.717, 1.165) is 37.8 Å². The average Bonchev–Trinajstić information content (AvgIpc) is 2.80. The minimum absolute atomic E-state index is 0.00139. The number of aromatic carboxylic acids is 2. The minimum atomic E-state index is -4.42. The standard InChI is InChI=1S/C26H39IO7/c1-2-3-4-5-6-7-8-9-10-11-12-13-14-15-16-17-22(28)23-20(25(29)30)18-19-21(26(31)32)24(23)27(33)34/h18-19H,2-17H2,1H3,(H,29,30)(H,31,32). The summed E-state index contributed by atoms with van der Waals surface area (Å²) in [5.74, 6) is -3.57. The summed E-state index contributed by atoms with van der Waals surface area (Å²) in [6, 6.07) is 1.93. The summed E-state index contributed by atoms with van der Waals surface area (Å²) in [5.41, 5.74) is -1.48. The number of carbonyl (C=O) groups is 3. The molecule has 2 N–H and O–H groups in total. The van der Waals surface area contributed by atoms with Crippen LogP contribution in [0.3, 0.4) is 0 Å². The molecule has 0 heterocycles. The highest BCUT2D eigenvalue weighted by atomic mass is 127. The predicted molar refractivity (Wildman–Crippen MR) is 138 cm³/mol. The fourth-order valence-electron chi connectivity index (χ4n) is 4.13. The first kappa shape index (κ1) is 30.2. The van der Waals surface area contributed by atoms with Crippen LogP contribution in [0, 0.1) is 3.57 Å².